The van der Waals surface area contributed by atoms with Crippen LogP contribution < -0.4 is 16.3 Å². The van der Waals surface area contributed by atoms with Crippen LogP contribution in [0.2, 0.25) is 0 Å². The van der Waals surface area contributed by atoms with E-state index in [0.717, 1.165) is 103 Å². The number of nitrogens with zero attached hydrogens (tertiary/aromatic N) is 4. The fraction of sp³-hybridized carbons (Fsp3) is 0.850. The first-order chi connectivity index (χ1) is 14.3. The van der Waals surface area contributed by atoms with Crippen LogP contribution in [0.25, 0.3) is 0 Å². The monoisotopic (exact) mass is 536 g/mol. The zero-order chi connectivity index (χ0) is 20.3. The van der Waals surface area contributed by atoms with Crippen molar-refractivity contribution in [2.45, 2.75) is 58.0 Å². The van der Waals surface area contributed by atoms with Crippen molar-refractivity contribution in [2.24, 2.45) is 10.9 Å². The average Bonchev–Trinajstić information content (AvgIpc) is 3.08. The lowest BCUT2D eigenvalue weighted by Crippen LogP contribution is -2.39. The van der Waals surface area contributed by atoms with E-state index in [1.165, 1.54) is 0 Å². The lowest BCUT2D eigenvalue weighted by molar-refractivity contribution is 0.0203. The third kappa shape index (κ3) is 7.84. The summed E-state index contributed by atoms with van der Waals surface area (Å²) in [6.45, 7) is 6.34. The van der Waals surface area contributed by atoms with Gasteiger partial charge in [0.2, 0.25) is 0 Å². The highest BCUT2D eigenvalue weighted by molar-refractivity contribution is 14.0. The molecule has 0 unspecified atom stereocenters. The van der Waals surface area contributed by atoms with Crippen LogP contribution in [0, 0.1) is 5.92 Å². The Kier molecular flexibility index (Phi) is 11.7. The summed E-state index contributed by atoms with van der Waals surface area (Å²) < 4.78 is 14.6. The van der Waals surface area contributed by atoms with Gasteiger partial charge in [0.05, 0.1) is 0 Å². The highest BCUT2D eigenvalue weighted by Crippen LogP contribution is 2.14. The van der Waals surface area contributed by atoms with Crippen LogP contribution in [0.5, 0.6) is 0 Å². The summed E-state index contributed by atoms with van der Waals surface area (Å²) >= 11 is 0. The molecule has 0 aliphatic carbocycles. The molecule has 9 nitrogen and oxygen atoms in total. The molecular weight excluding hydrogens is 499 g/mol. The zero-order valence-electron chi connectivity index (χ0n) is 18.1. The second-order valence-corrected chi connectivity index (χ2v) is 7.79. The van der Waals surface area contributed by atoms with Crippen LogP contribution >= 0.6 is 24.0 Å². The number of halogens is 1. The van der Waals surface area contributed by atoms with Crippen molar-refractivity contribution in [3.8, 4) is 0 Å². The molecule has 1 fully saturated rings. The van der Waals surface area contributed by atoms with Gasteiger partial charge in [-0.2, -0.15) is 5.10 Å². The van der Waals surface area contributed by atoms with E-state index < -0.39 is 0 Å². The molecule has 0 saturated carbocycles. The van der Waals surface area contributed by atoms with E-state index in [4.69, 9.17) is 9.47 Å². The largest absolute Gasteiger partial charge is 0.381 e. The summed E-state index contributed by atoms with van der Waals surface area (Å²) in [7, 11) is 1.77. The summed E-state index contributed by atoms with van der Waals surface area (Å²) in [5.41, 5.74) is 0.0305. The number of hydrogen-bond donors (Lipinski definition) is 2. The van der Waals surface area contributed by atoms with Gasteiger partial charge < -0.3 is 20.1 Å². The molecular formula is C20H37IN6O3. The second-order valence-electron chi connectivity index (χ2n) is 7.79. The van der Waals surface area contributed by atoms with Crippen molar-refractivity contribution in [2.75, 3.05) is 46.6 Å². The van der Waals surface area contributed by atoms with Crippen LogP contribution in [0.4, 0.5) is 0 Å². The van der Waals surface area contributed by atoms with E-state index in [0.29, 0.717) is 12.5 Å². The van der Waals surface area contributed by atoms with Gasteiger partial charge in [0.25, 0.3) is 0 Å². The van der Waals surface area contributed by atoms with Gasteiger partial charge >= 0.3 is 5.69 Å². The van der Waals surface area contributed by atoms with Gasteiger partial charge in [-0.15, -0.1) is 24.0 Å². The lowest BCUT2D eigenvalue weighted by Gasteiger charge is -2.21. The lowest BCUT2D eigenvalue weighted by atomic mass is 10.0. The van der Waals surface area contributed by atoms with Gasteiger partial charge in [0.1, 0.15) is 5.82 Å². The molecule has 10 heteroatoms. The average molecular weight is 536 g/mol. The number of aliphatic imine (C=N–C) groups is 1. The number of rotatable bonds is 10. The van der Waals surface area contributed by atoms with Crippen molar-refractivity contribution in [1.29, 1.82) is 0 Å². The molecule has 0 spiro atoms. The van der Waals surface area contributed by atoms with Crippen LogP contribution in [0.1, 0.15) is 44.3 Å². The first kappa shape index (κ1) is 25.1. The number of ether oxygens (including phenoxy) is 2. The minimum atomic E-state index is 0. The number of aromatic nitrogens is 3. The van der Waals surface area contributed by atoms with Crippen molar-refractivity contribution in [3.05, 3.63) is 16.3 Å². The molecule has 3 rings (SSSR count). The summed E-state index contributed by atoms with van der Waals surface area (Å²) in [5.74, 6) is 2.37. The van der Waals surface area contributed by atoms with E-state index in [1.807, 2.05) is 4.57 Å². The van der Waals surface area contributed by atoms with Crippen molar-refractivity contribution < 1.29 is 9.47 Å². The molecule has 0 amide bonds. The molecule has 2 aliphatic rings. The summed E-state index contributed by atoms with van der Waals surface area (Å²) in [6.07, 6.45) is 7.11. The Morgan fingerprint density at radius 3 is 2.73 bits per heavy atom. The highest BCUT2D eigenvalue weighted by Gasteiger charge is 2.16. The molecule has 0 radical (unpaired) electrons. The van der Waals surface area contributed by atoms with Crippen LogP contribution in [-0.4, -0.2) is 66.9 Å². The predicted molar refractivity (Wildman–Crippen MR) is 128 cm³/mol. The second kappa shape index (κ2) is 14.0. The highest BCUT2D eigenvalue weighted by atomic mass is 127. The van der Waals surface area contributed by atoms with Crippen molar-refractivity contribution in [1.82, 2.24) is 25.0 Å². The number of guanidine groups is 1. The quantitative estimate of drug-likeness (QED) is 0.203. The predicted octanol–water partition coefficient (Wildman–Crippen LogP) is 1.39. The number of nitrogens with one attached hydrogen (secondary N) is 2. The SMILES string of the molecule is CN=C(NCCCOCC1CCOCC1)NCCCn1nc2n(c1=O)CCCC2.I. The Labute approximate surface area is 196 Å². The summed E-state index contributed by atoms with van der Waals surface area (Å²) in [4.78, 5) is 16.6. The normalized spacial score (nSPS) is 17.3. The molecule has 30 heavy (non-hydrogen) atoms. The maximum absolute atomic E-state index is 12.3. The molecule has 3 heterocycles. The summed E-state index contributed by atoms with van der Waals surface area (Å²) in [6, 6.07) is 0. The van der Waals surface area contributed by atoms with Crippen LogP contribution in [0.15, 0.2) is 9.79 Å². The van der Waals surface area contributed by atoms with Crippen LogP contribution in [0.3, 0.4) is 0 Å². The van der Waals surface area contributed by atoms with Crippen LogP contribution in [-0.2, 0) is 29.0 Å². The minimum Gasteiger partial charge on any atom is -0.381 e. The minimum absolute atomic E-state index is 0. The Balaban J connectivity index is 0.00000320. The van der Waals surface area contributed by atoms with E-state index in [2.05, 4.69) is 20.7 Å². The standard InChI is InChI=1S/C20H36N6O3.HI/c1-21-19(23-10-5-13-29-16-17-7-14-28-15-8-17)22-9-4-12-26-20(27)25-11-3-2-6-18(25)24-26;/h17H,2-16H2,1H3,(H2,21,22,23);1H. The fourth-order valence-electron chi connectivity index (χ4n) is 3.79. The smallest absolute Gasteiger partial charge is 0.345 e. The number of fused-ring (bicyclic) bond motifs is 1. The van der Waals surface area contributed by atoms with Crippen molar-refractivity contribution in [3.63, 3.8) is 0 Å². The first-order valence-electron chi connectivity index (χ1n) is 11.0. The molecule has 0 atom stereocenters. The van der Waals surface area contributed by atoms with Gasteiger partial charge in [-0.25, -0.2) is 9.48 Å². The third-order valence-electron chi connectivity index (χ3n) is 5.55. The maximum Gasteiger partial charge on any atom is 0.345 e. The van der Waals surface area contributed by atoms with E-state index in [1.54, 1.807) is 11.7 Å². The molecule has 0 bridgehead atoms. The van der Waals surface area contributed by atoms with Gasteiger partial charge in [-0.1, -0.05) is 0 Å². The molecule has 1 aromatic rings. The van der Waals surface area contributed by atoms with Gasteiger partial charge in [0, 0.05) is 66.1 Å². The third-order valence-corrected chi connectivity index (χ3v) is 5.55. The number of hydrogen-bond acceptors (Lipinski definition) is 5. The molecule has 1 aromatic heterocycles. The zero-order valence-corrected chi connectivity index (χ0v) is 20.4. The maximum atomic E-state index is 12.3. The summed E-state index contributed by atoms with van der Waals surface area (Å²) in [5, 5.41) is 11.1. The molecule has 0 aromatic carbocycles. The first-order valence-corrected chi connectivity index (χ1v) is 11.0. The Bertz CT molecular complexity index is 699. The molecule has 172 valence electrons. The Hall–Kier alpha value is -1.14. The van der Waals surface area contributed by atoms with Crippen molar-refractivity contribution >= 4 is 29.9 Å². The Morgan fingerprint density at radius 1 is 1.23 bits per heavy atom. The Morgan fingerprint density at radius 2 is 2.00 bits per heavy atom. The number of aryl methyl sites for hydroxylation is 2. The molecule has 1 saturated heterocycles. The van der Waals surface area contributed by atoms with Gasteiger partial charge in [-0.3, -0.25) is 9.56 Å². The topological polar surface area (TPSA) is 94.7 Å². The molecule has 2 N–H and O–H groups in total. The molecule has 2 aliphatic heterocycles. The fourth-order valence-corrected chi connectivity index (χ4v) is 3.79. The van der Waals surface area contributed by atoms with Gasteiger partial charge in [-0.05, 0) is 44.4 Å². The van der Waals surface area contributed by atoms with E-state index in [-0.39, 0.29) is 29.7 Å². The van der Waals surface area contributed by atoms with E-state index in [9.17, 15) is 4.79 Å². The van der Waals surface area contributed by atoms with E-state index >= 15 is 0 Å². The van der Waals surface area contributed by atoms with Gasteiger partial charge in [0.15, 0.2) is 5.96 Å².